The molecule has 2 rings (SSSR count). The summed E-state index contributed by atoms with van der Waals surface area (Å²) in [6.45, 7) is 5.07. The molecule has 0 aromatic heterocycles. The Kier molecular flexibility index (Phi) is 6.52. The van der Waals surface area contributed by atoms with E-state index in [2.05, 4.69) is 26.8 Å². The maximum atomic E-state index is 12.2. The molecule has 0 atom stereocenters. The molecule has 0 heterocycles. The number of halogens is 1. The minimum absolute atomic E-state index is 0.371. The summed E-state index contributed by atoms with van der Waals surface area (Å²) in [6.07, 6.45) is 0. The fourth-order valence-corrected chi connectivity index (χ4v) is 3.05. The Labute approximate surface area is 160 Å². The average Bonchev–Trinajstić information content (AvgIpc) is 2.57. The first-order valence-corrected chi connectivity index (χ1v) is 8.67. The number of carbonyl (C=O) groups is 3. The summed E-state index contributed by atoms with van der Waals surface area (Å²) in [6, 6.07) is 10.5. The van der Waals surface area contributed by atoms with Crippen LogP contribution in [0.3, 0.4) is 0 Å². The molecule has 2 N–H and O–H groups in total. The molecular formula is C19H19BrN2O4. The second-order valence-electron chi connectivity index (χ2n) is 5.83. The smallest absolute Gasteiger partial charge is 0.339 e. The standard InChI is InChI=1S/C19H19BrN2O4/c1-11-8-12(2)17(13(3)9-11)19(25)26-10-16(23)21-22-18(24)14-6-4-5-7-15(14)20/h4-9H,10H2,1-3H3,(H,21,23)(H,22,24). The molecule has 0 radical (unpaired) electrons. The fourth-order valence-electron chi connectivity index (χ4n) is 2.58. The minimum Gasteiger partial charge on any atom is -0.452 e. The SMILES string of the molecule is Cc1cc(C)c(C(=O)OCC(=O)NNC(=O)c2ccccc2Br)c(C)c1. The van der Waals surface area contributed by atoms with Gasteiger partial charge < -0.3 is 4.74 Å². The van der Waals surface area contributed by atoms with E-state index in [4.69, 9.17) is 4.74 Å². The van der Waals surface area contributed by atoms with Crippen LogP contribution in [-0.2, 0) is 9.53 Å². The van der Waals surface area contributed by atoms with E-state index in [1.54, 1.807) is 24.3 Å². The zero-order valence-corrected chi connectivity index (χ0v) is 16.3. The van der Waals surface area contributed by atoms with Crippen molar-refractivity contribution in [3.63, 3.8) is 0 Å². The Morgan fingerprint density at radius 1 is 1.00 bits per heavy atom. The van der Waals surface area contributed by atoms with E-state index in [0.29, 0.717) is 15.6 Å². The highest BCUT2D eigenvalue weighted by atomic mass is 79.9. The summed E-state index contributed by atoms with van der Waals surface area (Å²) < 4.78 is 5.64. The second kappa shape index (κ2) is 8.62. The first kappa shape index (κ1) is 19.7. The maximum absolute atomic E-state index is 12.2. The van der Waals surface area contributed by atoms with Gasteiger partial charge in [0.1, 0.15) is 0 Å². The van der Waals surface area contributed by atoms with Crippen LogP contribution in [-0.4, -0.2) is 24.4 Å². The van der Waals surface area contributed by atoms with E-state index < -0.39 is 24.4 Å². The van der Waals surface area contributed by atoms with E-state index in [0.717, 1.165) is 16.7 Å². The molecule has 2 aromatic rings. The quantitative estimate of drug-likeness (QED) is 0.590. The molecule has 0 fully saturated rings. The number of hydrogen-bond donors (Lipinski definition) is 2. The molecule has 0 saturated carbocycles. The highest BCUT2D eigenvalue weighted by Crippen LogP contribution is 2.17. The molecule has 26 heavy (non-hydrogen) atoms. The first-order chi connectivity index (χ1) is 12.3. The number of rotatable bonds is 4. The van der Waals surface area contributed by atoms with Gasteiger partial charge in [-0.05, 0) is 60.0 Å². The molecule has 0 saturated heterocycles. The number of aryl methyl sites for hydroxylation is 3. The third-order valence-corrected chi connectivity index (χ3v) is 4.34. The Balaban J connectivity index is 1.88. The topological polar surface area (TPSA) is 84.5 Å². The van der Waals surface area contributed by atoms with Crippen molar-refractivity contribution in [2.45, 2.75) is 20.8 Å². The second-order valence-corrected chi connectivity index (χ2v) is 6.69. The molecule has 0 bridgehead atoms. The van der Waals surface area contributed by atoms with Crippen molar-refractivity contribution in [2.75, 3.05) is 6.61 Å². The predicted octanol–water partition coefficient (Wildman–Crippen LogP) is 2.99. The zero-order chi connectivity index (χ0) is 19.3. The van der Waals surface area contributed by atoms with Gasteiger partial charge in [-0.25, -0.2) is 4.79 Å². The average molecular weight is 419 g/mol. The van der Waals surface area contributed by atoms with Crippen LogP contribution in [0.15, 0.2) is 40.9 Å². The van der Waals surface area contributed by atoms with Crippen LogP contribution in [0.25, 0.3) is 0 Å². The van der Waals surface area contributed by atoms with Crippen LogP contribution in [0.4, 0.5) is 0 Å². The van der Waals surface area contributed by atoms with Crippen LogP contribution in [0.5, 0.6) is 0 Å². The van der Waals surface area contributed by atoms with E-state index in [1.165, 1.54) is 0 Å². The Morgan fingerprint density at radius 2 is 1.62 bits per heavy atom. The monoisotopic (exact) mass is 418 g/mol. The van der Waals surface area contributed by atoms with Gasteiger partial charge >= 0.3 is 5.97 Å². The third-order valence-electron chi connectivity index (χ3n) is 3.65. The van der Waals surface area contributed by atoms with Gasteiger partial charge in [0.25, 0.3) is 11.8 Å². The Morgan fingerprint density at radius 3 is 2.23 bits per heavy atom. The van der Waals surface area contributed by atoms with Gasteiger partial charge in [0.05, 0.1) is 11.1 Å². The number of nitrogens with one attached hydrogen (secondary N) is 2. The highest BCUT2D eigenvalue weighted by molar-refractivity contribution is 9.10. The molecule has 0 unspecified atom stereocenters. The van der Waals surface area contributed by atoms with Crippen molar-refractivity contribution in [1.29, 1.82) is 0 Å². The lowest BCUT2D eigenvalue weighted by Gasteiger charge is -2.12. The Hall–Kier alpha value is -2.67. The van der Waals surface area contributed by atoms with Crippen molar-refractivity contribution < 1.29 is 19.1 Å². The molecule has 0 aliphatic rings. The highest BCUT2D eigenvalue weighted by Gasteiger charge is 2.16. The molecule has 7 heteroatoms. The largest absolute Gasteiger partial charge is 0.452 e. The lowest BCUT2D eigenvalue weighted by Crippen LogP contribution is -2.43. The number of ether oxygens (including phenoxy) is 1. The molecule has 0 spiro atoms. The van der Waals surface area contributed by atoms with Gasteiger partial charge in [0.2, 0.25) is 0 Å². The molecule has 2 aromatic carbocycles. The summed E-state index contributed by atoms with van der Waals surface area (Å²) in [5.74, 6) is -1.70. The number of carbonyl (C=O) groups excluding carboxylic acids is 3. The van der Waals surface area contributed by atoms with Crippen molar-refractivity contribution in [3.05, 3.63) is 68.7 Å². The molecule has 0 aliphatic carbocycles. The van der Waals surface area contributed by atoms with Crippen LogP contribution in [0, 0.1) is 20.8 Å². The normalized spacial score (nSPS) is 10.2. The van der Waals surface area contributed by atoms with Gasteiger partial charge in [-0.2, -0.15) is 0 Å². The summed E-state index contributed by atoms with van der Waals surface area (Å²) in [7, 11) is 0. The molecule has 136 valence electrons. The number of amides is 2. The maximum Gasteiger partial charge on any atom is 0.339 e. The predicted molar refractivity (Wildman–Crippen MR) is 101 cm³/mol. The summed E-state index contributed by atoms with van der Waals surface area (Å²) in [4.78, 5) is 36.0. The fraction of sp³-hybridized carbons (Fsp3) is 0.211. The van der Waals surface area contributed by atoms with Crippen molar-refractivity contribution in [2.24, 2.45) is 0 Å². The van der Waals surface area contributed by atoms with E-state index >= 15 is 0 Å². The van der Waals surface area contributed by atoms with Gasteiger partial charge in [0.15, 0.2) is 6.61 Å². The lowest BCUT2D eigenvalue weighted by atomic mass is 10.00. The van der Waals surface area contributed by atoms with Crippen LogP contribution in [0.2, 0.25) is 0 Å². The number of hydrazine groups is 1. The number of benzene rings is 2. The van der Waals surface area contributed by atoms with E-state index in [1.807, 2.05) is 32.9 Å². The third kappa shape index (κ3) is 4.92. The van der Waals surface area contributed by atoms with E-state index in [-0.39, 0.29) is 0 Å². The zero-order valence-electron chi connectivity index (χ0n) is 14.7. The van der Waals surface area contributed by atoms with Crippen LogP contribution in [0.1, 0.15) is 37.4 Å². The van der Waals surface area contributed by atoms with Crippen molar-refractivity contribution in [3.8, 4) is 0 Å². The van der Waals surface area contributed by atoms with Gasteiger partial charge in [-0.15, -0.1) is 0 Å². The molecule has 6 nitrogen and oxygen atoms in total. The summed E-state index contributed by atoms with van der Waals surface area (Å²) in [5.41, 5.74) is 7.93. The van der Waals surface area contributed by atoms with Crippen molar-refractivity contribution >= 4 is 33.7 Å². The lowest BCUT2D eigenvalue weighted by molar-refractivity contribution is -0.125. The van der Waals surface area contributed by atoms with Crippen molar-refractivity contribution in [1.82, 2.24) is 10.9 Å². The summed E-state index contributed by atoms with van der Waals surface area (Å²) in [5, 5.41) is 0. The Bertz CT molecular complexity index is 841. The molecule has 2 amide bonds. The van der Waals surface area contributed by atoms with Crippen LogP contribution >= 0.6 is 15.9 Å². The van der Waals surface area contributed by atoms with Gasteiger partial charge in [-0.1, -0.05) is 29.8 Å². The van der Waals surface area contributed by atoms with Gasteiger partial charge in [-0.3, -0.25) is 20.4 Å². The van der Waals surface area contributed by atoms with Gasteiger partial charge in [0, 0.05) is 4.47 Å². The van der Waals surface area contributed by atoms with Crippen LogP contribution < -0.4 is 10.9 Å². The molecular weight excluding hydrogens is 400 g/mol. The summed E-state index contributed by atoms with van der Waals surface area (Å²) >= 11 is 3.26. The molecule has 0 aliphatic heterocycles. The minimum atomic E-state index is -0.638. The van der Waals surface area contributed by atoms with E-state index in [9.17, 15) is 14.4 Å². The number of hydrogen-bond acceptors (Lipinski definition) is 4. The first-order valence-electron chi connectivity index (χ1n) is 7.88. The number of esters is 1.